The van der Waals surface area contributed by atoms with E-state index in [2.05, 4.69) is 19.2 Å². The summed E-state index contributed by atoms with van der Waals surface area (Å²) < 4.78 is 0. The minimum absolute atomic E-state index is 0.345. The van der Waals surface area contributed by atoms with Crippen molar-refractivity contribution in [2.75, 3.05) is 6.54 Å². The van der Waals surface area contributed by atoms with Crippen molar-refractivity contribution in [3.8, 4) is 0 Å². The monoisotopic (exact) mass is 397 g/mol. The van der Waals surface area contributed by atoms with Crippen LogP contribution in [0.5, 0.6) is 0 Å². The molecule has 1 atom stereocenters. The van der Waals surface area contributed by atoms with Gasteiger partial charge in [-0.3, -0.25) is 4.79 Å². The molecule has 0 saturated carbocycles. The van der Waals surface area contributed by atoms with Crippen LogP contribution in [0.25, 0.3) is 0 Å². The predicted molar refractivity (Wildman–Crippen MR) is 123 cm³/mol. The number of carboxylic acid groups (broad SMARTS) is 1. The second-order valence-electron chi connectivity index (χ2n) is 8.64. The molecular formula is C25H51NO2. The number of aliphatic carboxylic acids is 1. The molecule has 1 unspecified atom stereocenters. The van der Waals surface area contributed by atoms with Crippen molar-refractivity contribution in [2.45, 2.75) is 148 Å². The van der Waals surface area contributed by atoms with Crippen LogP contribution < -0.4 is 5.32 Å². The number of carboxylic acids is 1. The summed E-state index contributed by atoms with van der Waals surface area (Å²) in [4.78, 5) is 11.2. The van der Waals surface area contributed by atoms with Crippen LogP contribution in [0.4, 0.5) is 0 Å². The van der Waals surface area contributed by atoms with Gasteiger partial charge >= 0.3 is 5.97 Å². The van der Waals surface area contributed by atoms with Gasteiger partial charge in [0, 0.05) is 0 Å². The van der Waals surface area contributed by atoms with Gasteiger partial charge in [0.1, 0.15) is 6.04 Å². The van der Waals surface area contributed by atoms with Crippen LogP contribution in [-0.2, 0) is 4.79 Å². The number of hydrogen-bond donors (Lipinski definition) is 2. The van der Waals surface area contributed by atoms with Crippen LogP contribution in [-0.4, -0.2) is 23.7 Å². The Balaban J connectivity index is 3.25. The van der Waals surface area contributed by atoms with Crippen LogP contribution in [0.1, 0.15) is 142 Å². The maximum absolute atomic E-state index is 11.2. The SMILES string of the molecule is CCCCCCCCCCCCCCCCCCNC(CCCCC)C(=O)O. The molecule has 0 fully saturated rings. The third-order valence-electron chi connectivity index (χ3n) is 5.82. The lowest BCUT2D eigenvalue weighted by molar-refractivity contribution is -0.139. The summed E-state index contributed by atoms with van der Waals surface area (Å²) in [6.07, 6.45) is 26.0. The van der Waals surface area contributed by atoms with Crippen LogP contribution in [0, 0.1) is 0 Å². The van der Waals surface area contributed by atoms with E-state index >= 15 is 0 Å². The van der Waals surface area contributed by atoms with E-state index in [4.69, 9.17) is 0 Å². The predicted octanol–water partition coefficient (Wildman–Crippen LogP) is 7.87. The van der Waals surface area contributed by atoms with Crippen molar-refractivity contribution in [1.29, 1.82) is 0 Å². The van der Waals surface area contributed by atoms with Gasteiger partial charge in [0.05, 0.1) is 0 Å². The highest BCUT2D eigenvalue weighted by Gasteiger charge is 2.15. The minimum atomic E-state index is -0.687. The van der Waals surface area contributed by atoms with E-state index in [0.29, 0.717) is 0 Å². The summed E-state index contributed by atoms with van der Waals surface area (Å²) in [5.41, 5.74) is 0. The Hall–Kier alpha value is -0.570. The lowest BCUT2D eigenvalue weighted by Gasteiger charge is -2.14. The van der Waals surface area contributed by atoms with Gasteiger partial charge in [0.15, 0.2) is 0 Å². The molecule has 3 heteroatoms. The van der Waals surface area contributed by atoms with Gasteiger partial charge in [-0.15, -0.1) is 0 Å². The van der Waals surface area contributed by atoms with Crippen molar-refractivity contribution in [3.05, 3.63) is 0 Å². The third-order valence-corrected chi connectivity index (χ3v) is 5.82. The molecule has 0 spiro atoms. The lowest BCUT2D eigenvalue weighted by Crippen LogP contribution is -2.37. The number of carbonyl (C=O) groups is 1. The quantitative estimate of drug-likeness (QED) is 0.172. The average molecular weight is 398 g/mol. The Kier molecular flexibility index (Phi) is 22.3. The molecule has 0 aromatic carbocycles. The van der Waals surface area contributed by atoms with Gasteiger partial charge in [-0.1, -0.05) is 129 Å². The molecule has 0 aliphatic rings. The minimum Gasteiger partial charge on any atom is -0.480 e. The van der Waals surface area contributed by atoms with Crippen LogP contribution in [0.2, 0.25) is 0 Å². The molecule has 0 aromatic heterocycles. The maximum atomic E-state index is 11.2. The first-order valence-electron chi connectivity index (χ1n) is 12.7. The number of unbranched alkanes of at least 4 members (excludes halogenated alkanes) is 17. The van der Waals surface area contributed by atoms with Gasteiger partial charge in [-0.25, -0.2) is 0 Å². The van der Waals surface area contributed by atoms with Crippen molar-refractivity contribution in [2.24, 2.45) is 0 Å². The largest absolute Gasteiger partial charge is 0.480 e. The van der Waals surface area contributed by atoms with Crippen molar-refractivity contribution >= 4 is 5.97 Å². The Labute approximate surface area is 176 Å². The summed E-state index contributed by atoms with van der Waals surface area (Å²) in [6.45, 7) is 5.28. The molecule has 28 heavy (non-hydrogen) atoms. The van der Waals surface area contributed by atoms with E-state index in [9.17, 15) is 9.90 Å². The fourth-order valence-corrected chi connectivity index (χ4v) is 3.86. The summed E-state index contributed by atoms with van der Waals surface area (Å²) in [7, 11) is 0. The highest BCUT2D eigenvalue weighted by Crippen LogP contribution is 2.13. The second kappa shape index (κ2) is 22.7. The first kappa shape index (κ1) is 27.4. The second-order valence-corrected chi connectivity index (χ2v) is 8.64. The zero-order chi connectivity index (χ0) is 20.7. The van der Waals surface area contributed by atoms with E-state index in [1.165, 1.54) is 96.3 Å². The Morgan fingerprint density at radius 3 is 1.36 bits per heavy atom. The van der Waals surface area contributed by atoms with Crippen LogP contribution in [0.15, 0.2) is 0 Å². The molecule has 2 N–H and O–H groups in total. The molecule has 0 radical (unpaired) electrons. The maximum Gasteiger partial charge on any atom is 0.320 e. The van der Waals surface area contributed by atoms with E-state index in [-0.39, 0.29) is 6.04 Å². The number of rotatable bonds is 23. The Morgan fingerprint density at radius 2 is 0.964 bits per heavy atom. The zero-order valence-corrected chi connectivity index (χ0v) is 19.3. The lowest BCUT2D eigenvalue weighted by atomic mass is 10.0. The van der Waals surface area contributed by atoms with Gasteiger partial charge in [0.25, 0.3) is 0 Å². The fraction of sp³-hybridized carbons (Fsp3) is 0.960. The van der Waals surface area contributed by atoms with E-state index in [1.807, 2.05) is 0 Å². The average Bonchev–Trinajstić information content (AvgIpc) is 2.68. The number of hydrogen-bond acceptors (Lipinski definition) is 2. The Morgan fingerprint density at radius 1 is 0.607 bits per heavy atom. The molecule has 168 valence electrons. The topological polar surface area (TPSA) is 49.3 Å². The zero-order valence-electron chi connectivity index (χ0n) is 19.3. The van der Waals surface area contributed by atoms with Gasteiger partial charge in [0.2, 0.25) is 0 Å². The van der Waals surface area contributed by atoms with Gasteiger partial charge < -0.3 is 10.4 Å². The number of nitrogens with one attached hydrogen (secondary N) is 1. The molecule has 0 rings (SSSR count). The smallest absolute Gasteiger partial charge is 0.320 e. The fourth-order valence-electron chi connectivity index (χ4n) is 3.86. The highest BCUT2D eigenvalue weighted by molar-refractivity contribution is 5.73. The molecule has 3 nitrogen and oxygen atoms in total. The van der Waals surface area contributed by atoms with Crippen LogP contribution >= 0.6 is 0 Å². The van der Waals surface area contributed by atoms with Gasteiger partial charge in [-0.05, 0) is 19.4 Å². The molecular weight excluding hydrogens is 346 g/mol. The summed E-state index contributed by atoms with van der Waals surface area (Å²) >= 11 is 0. The molecule has 0 aliphatic heterocycles. The van der Waals surface area contributed by atoms with E-state index in [0.717, 1.165) is 38.6 Å². The first-order chi connectivity index (χ1) is 13.7. The molecule has 0 aliphatic carbocycles. The highest BCUT2D eigenvalue weighted by atomic mass is 16.4. The molecule has 0 saturated heterocycles. The van der Waals surface area contributed by atoms with Crippen molar-refractivity contribution in [3.63, 3.8) is 0 Å². The molecule has 0 bridgehead atoms. The first-order valence-corrected chi connectivity index (χ1v) is 12.7. The standard InChI is InChI=1S/C25H51NO2/c1-3-5-7-8-9-10-11-12-13-14-15-16-17-18-19-21-23-26-24(25(27)28)22-20-6-4-2/h24,26H,3-23H2,1-2H3,(H,27,28). The molecule has 0 amide bonds. The summed E-state index contributed by atoms with van der Waals surface area (Å²) in [6, 6.07) is -0.345. The van der Waals surface area contributed by atoms with E-state index < -0.39 is 5.97 Å². The van der Waals surface area contributed by atoms with Crippen molar-refractivity contribution in [1.82, 2.24) is 5.32 Å². The van der Waals surface area contributed by atoms with E-state index in [1.54, 1.807) is 0 Å². The van der Waals surface area contributed by atoms with Gasteiger partial charge in [-0.2, -0.15) is 0 Å². The Bertz CT molecular complexity index is 320. The van der Waals surface area contributed by atoms with Crippen molar-refractivity contribution < 1.29 is 9.90 Å². The summed E-state index contributed by atoms with van der Waals surface area (Å²) in [5, 5.41) is 12.5. The third kappa shape index (κ3) is 20.2. The molecule has 0 heterocycles. The normalized spacial score (nSPS) is 12.4. The molecule has 0 aromatic rings. The summed E-state index contributed by atoms with van der Waals surface area (Å²) in [5.74, 6) is -0.687. The van der Waals surface area contributed by atoms with Crippen LogP contribution in [0.3, 0.4) is 0 Å².